The largest absolute Gasteiger partial charge is 4.00 e. The summed E-state index contributed by atoms with van der Waals surface area (Å²) in [5.41, 5.74) is 1.90. The van der Waals surface area contributed by atoms with Gasteiger partial charge in [0.1, 0.15) is 0 Å². The van der Waals surface area contributed by atoms with Gasteiger partial charge in [0, 0.05) is 0 Å². The van der Waals surface area contributed by atoms with Crippen LogP contribution in [-0.4, -0.2) is 43.1 Å². The summed E-state index contributed by atoms with van der Waals surface area (Å²) < 4.78 is 24.0. The normalized spacial score (nSPS) is 16.0. The molecule has 0 aliphatic heterocycles. The molecule has 32 heavy (non-hydrogen) atoms. The molecule has 180 valence electrons. The molecule has 0 bridgehead atoms. The number of hydrogen-bond donors (Lipinski definition) is 0. The smallest absolute Gasteiger partial charge is 1.00 e. The number of halogens is 2. The van der Waals surface area contributed by atoms with E-state index in [0.29, 0.717) is 26.4 Å². The molecule has 4 nitrogen and oxygen atoms in total. The Morgan fingerprint density at radius 2 is 1.06 bits per heavy atom. The van der Waals surface area contributed by atoms with Crippen LogP contribution in [0, 0.1) is 17.6 Å². The molecular formula is C23H38Cl2O4Si2Zr. The molecule has 0 N–H and O–H groups in total. The van der Waals surface area contributed by atoms with Crippen LogP contribution >= 0.6 is 0 Å². The van der Waals surface area contributed by atoms with Gasteiger partial charge in [-0.3, -0.25) is 12.2 Å². The minimum absolute atomic E-state index is 0. The minimum atomic E-state index is -1.51. The Balaban J connectivity index is 0. The van der Waals surface area contributed by atoms with Gasteiger partial charge in [-0.2, -0.15) is 11.1 Å². The molecule has 0 unspecified atom stereocenters. The van der Waals surface area contributed by atoms with Crippen LogP contribution in [-0.2, 0) is 44.5 Å². The minimum Gasteiger partial charge on any atom is -1.00 e. The van der Waals surface area contributed by atoms with Crippen molar-refractivity contribution in [3.05, 3.63) is 47.0 Å². The van der Waals surface area contributed by atoms with Gasteiger partial charge in [-0.1, -0.05) is 13.8 Å². The van der Waals surface area contributed by atoms with Gasteiger partial charge < -0.3 is 43.1 Å². The van der Waals surface area contributed by atoms with Gasteiger partial charge in [0.2, 0.25) is 0 Å². The molecule has 0 aromatic carbocycles. The predicted octanol–water partition coefficient (Wildman–Crippen LogP) is -0.211. The molecule has 2 rings (SSSR count). The molecule has 0 saturated carbocycles. The summed E-state index contributed by atoms with van der Waals surface area (Å²) in [5.74, 6) is 1.83. The van der Waals surface area contributed by atoms with Crippen molar-refractivity contribution in [3.8, 4) is 0 Å². The van der Waals surface area contributed by atoms with Crippen LogP contribution in [0.15, 0.2) is 34.8 Å². The fourth-order valence-corrected chi connectivity index (χ4v) is 4.71. The molecule has 2 aliphatic rings. The first kappa shape index (κ1) is 34.5. The van der Waals surface area contributed by atoms with E-state index in [0.717, 1.165) is 35.5 Å². The van der Waals surface area contributed by atoms with Crippen LogP contribution in [0.4, 0.5) is 0 Å². The van der Waals surface area contributed by atoms with Crippen LogP contribution in [0.3, 0.4) is 0 Å². The van der Waals surface area contributed by atoms with E-state index in [1.165, 1.54) is 0 Å². The molecule has 0 atom stereocenters. The molecule has 0 aromatic heterocycles. The van der Waals surface area contributed by atoms with Gasteiger partial charge in [0.15, 0.2) is 16.6 Å². The van der Waals surface area contributed by atoms with E-state index < -0.39 is 16.6 Å². The van der Waals surface area contributed by atoms with Gasteiger partial charge in [0.05, 0.1) is 26.4 Å². The Kier molecular flexibility index (Phi) is 15.9. The van der Waals surface area contributed by atoms with Crippen molar-refractivity contribution >= 4 is 16.6 Å². The van der Waals surface area contributed by atoms with Crippen LogP contribution < -0.4 is 24.8 Å². The standard InChI is InChI=1S/C23H38O4Si2.2ClH.Zr/c1-23(2,19-11-9-13-21(19)24-15-17-26-28(3,4)5)20-12-10-14-22(20)25-16-18-27-29(6,7)8;;;/h13-14H,9-10,15-18H2,1-8H3;2*1H;/q-2;;;+4/p-2. The summed E-state index contributed by atoms with van der Waals surface area (Å²) in [6, 6.07) is 0. The van der Waals surface area contributed by atoms with Crippen LogP contribution in [0.25, 0.3) is 0 Å². The molecule has 0 amide bonds. The first-order valence-electron chi connectivity index (χ1n) is 10.6. The first-order valence-corrected chi connectivity index (χ1v) is 17.4. The second-order valence-corrected chi connectivity index (χ2v) is 18.9. The molecule has 0 fully saturated rings. The Bertz CT molecular complexity index is 648. The molecule has 2 aliphatic carbocycles. The molecule has 0 saturated heterocycles. The Hall–Kier alpha value is 0.377. The van der Waals surface area contributed by atoms with E-state index >= 15 is 0 Å². The average molecular weight is 597 g/mol. The van der Waals surface area contributed by atoms with Crippen molar-refractivity contribution in [2.45, 2.75) is 66.0 Å². The second kappa shape index (κ2) is 14.7. The molecule has 0 aromatic rings. The van der Waals surface area contributed by atoms with E-state index in [4.69, 9.17) is 18.3 Å². The van der Waals surface area contributed by atoms with Gasteiger partial charge in [-0.15, -0.1) is 25.0 Å². The zero-order valence-electron chi connectivity index (χ0n) is 20.8. The van der Waals surface area contributed by atoms with Crippen LogP contribution in [0.1, 0.15) is 26.7 Å². The third-order valence-corrected chi connectivity index (χ3v) is 6.77. The summed E-state index contributed by atoms with van der Waals surface area (Å²) in [4.78, 5) is 0. The number of ether oxygens (including phenoxy) is 2. The Labute approximate surface area is 229 Å². The fraction of sp³-hybridized carbons (Fsp3) is 0.652. The molecule has 0 spiro atoms. The first-order chi connectivity index (χ1) is 13.4. The van der Waals surface area contributed by atoms with Crippen molar-refractivity contribution in [2.24, 2.45) is 5.41 Å². The van der Waals surface area contributed by atoms with Crippen LogP contribution in [0.5, 0.6) is 0 Å². The molecule has 0 heterocycles. The van der Waals surface area contributed by atoms with E-state index in [-0.39, 0.29) is 56.4 Å². The predicted molar refractivity (Wildman–Crippen MR) is 123 cm³/mol. The summed E-state index contributed by atoms with van der Waals surface area (Å²) in [6.07, 6.45) is 12.8. The molecule has 0 radical (unpaired) electrons. The van der Waals surface area contributed by atoms with E-state index in [1.807, 2.05) is 0 Å². The average Bonchev–Trinajstić information content (AvgIpc) is 3.23. The van der Waals surface area contributed by atoms with Crippen molar-refractivity contribution in [1.29, 1.82) is 0 Å². The van der Waals surface area contributed by atoms with E-state index in [9.17, 15) is 0 Å². The monoisotopic (exact) mass is 594 g/mol. The maximum atomic E-state index is 6.07. The maximum Gasteiger partial charge on any atom is 4.00 e. The van der Waals surface area contributed by atoms with Crippen molar-refractivity contribution in [1.82, 2.24) is 0 Å². The van der Waals surface area contributed by atoms with E-state index in [1.54, 1.807) is 0 Å². The zero-order valence-corrected chi connectivity index (χ0v) is 26.8. The number of allylic oxidation sites excluding steroid dienone is 6. The Morgan fingerprint density at radius 1 is 0.719 bits per heavy atom. The summed E-state index contributed by atoms with van der Waals surface area (Å²) in [7, 11) is -3.03. The Morgan fingerprint density at radius 3 is 1.38 bits per heavy atom. The maximum absolute atomic E-state index is 6.07. The van der Waals surface area contributed by atoms with Crippen molar-refractivity contribution < 1.29 is 69.3 Å². The van der Waals surface area contributed by atoms with Crippen LogP contribution in [0.2, 0.25) is 39.3 Å². The zero-order chi connectivity index (χ0) is 21.7. The van der Waals surface area contributed by atoms with Gasteiger partial charge >= 0.3 is 26.2 Å². The van der Waals surface area contributed by atoms with Crippen molar-refractivity contribution in [2.75, 3.05) is 26.4 Å². The van der Waals surface area contributed by atoms with Gasteiger partial charge in [-0.25, -0.2) is 0 Å². The SMILES string of the molecule is CC(C)(C1=[C-]CC=C1OCCO[Si](C)(C)C)C1=[C-]CC=C1OCCO[Si](C)(C)C.[Cl-].[Cl-].[Zr+4]. The van der Waals surface area contributed by atoms with Crippen molar-refractivity contribution in [3.63, 3.8) is 0 Å². The fourth-order valence-electron chi connectivity index (χ4n) is 3.31. The third-order valence-electron chi connectivity index (χ3n) is 4.63. The third kappa shape index (κ3) is 11.2. The number of rotatable bonds is 12. The van der Waals surface area contributed by atoms with E-state index in [2.05, 4.69) is 77.4 Å². The summed E-state index contributed by atoms with van der Waals surface area (Å²) in [6.45, 7) is 19.9. The quantitative estimate of drug-likeness (QED) is 0.178. The van der Waals surface area contributed by atoms with Gasteiger partial charge in [-0.05, 0) is 56.2 Å². The molecule has 9 heteroatoms. The van der Waals surface area contributed by atoms with Gasteiger partial charge in [0.25, 0.3) is 0 Å². The topological polar surface area (TPSA) is 36.9 Å². The number of hydrogen-bond acceptors (Lipinski definition) is 4. The summed E-state index contributed by atoms with van der Waals surface area (Å²) >= 11 is 0. The molecular weight excluding hydrogens is 559 g/mol. The second-order valence-electron chi connectivity index (χ2n) is 9.89. The summed E-state index contributed by atoms with van der Waals surface area (Å²) in [5, 5.41) is 0.